The van der Waals surface area contributed by atoms with E-state index in [9.17, 15) is 0 Å². The fourth-order valence-electron chi connectivity index (χ4n) is 2.43. The topological polar surface area (TPSA) is 43.9 Å². The Bertz CT molecular complexity index is 714. The molecule has 2 aromatic rings. The molecule has 3 rings (SSSR count). The maximum atomic E-state index is 5.92. The number of pyridine rings is 1. The smallest absolute Gasteiger partial charge is 0.222 e. The van der Waals surface area contributed by atoms with Gasteiger partial charge in [-0.3, -0.25) is 0 Å². The SMILES string of the molecule is CCOc1cccc(Oc2cccc(C3(CC(Cl)(Cl)Cl)CO3)c2)n1. The van der Waals surface area contributed by atoms with Crippen molar-refractivity contribution >= 4 is 34.8 Å². The molecule has 2 heterocycles. The van der Waals surface area contributed by atoms with E-state index in [0.29, 0.717) is 30.7 Å². The molecule has 0 spiro atoms. The second kappa shape index (κ2) is 6.96. The molecule has 1 aromatic carbocycles. The second-order valence-electron chi connectivity index (χ2n) is 5.45. The fourth-order valence-corrected chi connectivity index (χ4v) is 3.07. The molecule has 1 aliphatic heterocycles. The fraction of sp³-hybridized carbons (Fsp3) is 0.353. The number of hydrogen-bond donors (Lipinski definition) is 0. The number of alkyl halides is 3. The second-order valence-corrected chi connectivity index (χ2v) is 7.97. The van der Waals surface area contributed by atoms with Crippen LogP contribution in [0.5, 0.6) is 17.5 Å². The summed E-state index contributed by atoms with van der Waals surface area (Å²) < 4.78 is 15.4. The molecule has 128 valence electrons. The summed E-state index contributed by atoms with van der Waals surface area (Å²) >= 11 is 17.8. The average molecular weight is 389 g/mol. The molecule has 0 N–H and O–H groups in total. The van der Waals surface area contributed by atoms with Crippen LogP contribution in [-0.2, 0) is 10.3 Å². The van der Waals surface area contributed by atoms with E-state index in [0.717, 1.165) is 5.56 Å². The van der Waals surface area contributed by atoms with Gasteiger partial charge < -0.3 is 14.2 Å². The van der Waals surface area contributed by atoms with Gasteiger partial charge in [-0.25, -0.2) is 0 Å². The number of aromatic nitrogens is 1. The molecule has 0 bridgehead atoms. The van der Waals surface area contributed by atoms with Crippen LogP contribution in [0.3, 0.4) is 0 Å². The van der Waals surface area contributed by atoms with Gasteiger partial charge in [-0.15, -0.1) is 0 Å². The third-order valence-corrected chi connectivity index (χ3v) is 3.95. The highest BCUT2D eigenvalue weighted by Gasteiger charge is 2.51. The Morgan fingerprint density at radius 3 is 2.54 bits per heavy atom. The maximum Gasteiger partial charge on any atom is 0.222 e. The summed E-state index contributed by atoms with van der Waals surface area (Å²) in [4.78, 5) is 4.29. The number of nitrogens with zero attached hydrogens (tertiary/aromatic N) is 1. The van der Waals surface area contributed by atoms with Crippen LogP contribution in [0.2, 0.25) is 0 Å². The number of ether oxygens (including phenoxy) is 3. The molecule has 1 atom stereocenters. The van der Waals surface area contributed by atoms with Gasteiger partial charge in [0, 0.05) is 18.6 Å². The summed E-state index contributed by atoms with van der Waals surface area (Å²) in [6.45, 7) is 2.96. The molecule has 0 aliphatic carbocycles. The van der Waals surface area contributed by atoms with E-state index in [1.54, 1.807) is 12.1 Å². The summed E-state index contributed by atoms with van der Waals surface area (Å²) in [5.74, 6) is 1.60. The summed E-state index contributed by atoms with van der Waals surface area (Å²) in [5, 5.41) is 0. The number of halogens is 3. The zero-order chi connectivity index (χ0) is 17.2. The minimum atomic E-state index is -1.37. The lowest BCUT2D eigenvalue weighted by Crippen LogP contribution is -2.18. The number of benzene rings is 1. The Balaban J connectivity index is 1.78. The molecular weight excluding hydrogens is 373 g/mol. The molecule has 0 saturated carbocycles. The first kappa shape index (κ1) is 17.6. The molecule has 1 aliphatic rings. The molecule has 7 heteroatoms. The Morgan fingerprint density at radius 1 is 1.17 bits per heavy atom. The van der Waals surface area contributed by atoms with Crippen molar-refractivity contribution < 1.29 is 14.2 Å². The molecule has 1 fully saturated rings. The first-order chi connectivity index (χ1) is 11.4. The Kier molecular flexibility index (Phi) is 5.11. The average Bonchev–Trinajstić information content (AvgIpc) is 3.27. The predicted molar refractivity (Wildman–Crippen MR) is 94.5 cm³/mol. The molecule has 1 saturated heterocycles. The lowest BCUT2D eigenvalue weighted by molar-refractivity contribution is 0.294. The number of rotatable bonds is 6. The third kappa shape index (κ3) is 4.45. The van der Waals surface area contributed by atoms with Crippen LogP contribution in [-0.4, -0.2) is 22.0 Å². The van der Waals surface area contributed by atoms with E-state index < -0.39 is 9.39 Å². The van der Waals surface area contributed by atoms with Crippen LogP contribution < -0.4 is 9.47 Å². The van der Waals surface area contributed by atoms with Gasteiger partial charge in [0.05, 0.1) is 13.2 Å². The molecule has 1 aromatic heterocycles. The van der Waals surface area contributed by atoms with Gasteiger partial charge in [0.25, 0.3) is 0 Å². The highest BCUT2D eigenvalue weighted by molar-refractivity contribution is 6.67. The van der Waals surface area contributed by atoms with Crippen LogP contribution in [0.25, 0.3) is 0 Å². The summed E-state index contributed by atoms with van der Waals surface area (Å²) in [6, 6.07) is 12.9. The van der Waals surface area contributed by atoms with Gasteiger partial charge in [-0.05, 0) is 24.6 Å². The van der Waals surface area contributed by atoms with Gasteiger partial charge in [0.1, 0.15) is 11.4 Å². The Morgan fingerprint density at radius 2 is 1.88 bits per heavy atom. The first-order valence-electron chi connectivity index (χ1n) is 7.49. The monoisotopic (exact) mass is 387 g/mol. The van der Waals surface area contributed by atoms with Crippen LogP contribution in [0.1, 0.15) is 18.9 Å². The molecular formula is C17H16Cl3NO3. The molecule has 4 nitrogen and oxygen atoms in total. The number of epoxide rings is 1. The van der Waals surface area contributed by atoms with Gasteiger partial charge in [0.2, 0.25) is 11.8 Å². The van der Waals surface area contributed by atoms with Crippen molar-refractivity contribution in [1.82, 2.24) is 4.98 Å². The normalized spacial score (nSPS) is 19.8. The van der Waals surface area contributed by atoms with E-state index in [2.05, 4.69) is 4.98 Å². The maximum absolute atomic E-state index is 5.92. The highest BCUT2D eigenvalue weighted by Crippen LogP contribution is 2.50. The van der Waals surface area contributed by atoms with Crippen molar-refractivity contribution in [2.45, 2.75) is 22.7 Å². The lowest BCUT2D eigenvalue weighted by atomic mass is 9.97. The quantitative estimate of drug-likeness (QED) is 0.500. The highest BCUT2D eigenvalue weighted by atomic mass is 35.6. The van der Waals surface area contributed by atoms with Crippen molar-refractivity contribution in [2.75, 3.05) is 13.2 Å². The molecule has 0 amide bonds. The van der Waals surface area contributed by atoms with Crippen molar-refractivity contribution in [3.63, 3.8) is 0 Å². The van der Waals surface area contributed by atoms with Crippen LogP contribution >= 0.6 is 34.8 Å². The van der Waals surface area contributed by atoms with Crippen molar-refractivity contribution in [2.24, 2.45) is 0 Å². The zero-order valence-electron chi connectivity index (χ0n) is 13.0. The Labute approximate surface area is 155 Å². The van der Waals surface area contributed by atoms with Crippen molar-refractivity contribution in [3.8, 4) is 17.5 Å². The zero-order valence-corrected chi connectivity index (χ0v) is 15.2. The van der Waals surface area contributed by atoms with Crippen LogP contribution in [0.15, 0.2) is 42.5 Å². The Hall–Kier alpha value is -1.20. The lowest BCUT2D eigenvalue weighted by Gasteiger charge is -2.18. The summed E-state index contributed by atoms with van der Waals surface area (Å²) in [6.07, 6.45) is 0.284. The van der Waals surface area contributed by atoms with Gasteiger partial charge in [-0.1, -0.05) is 53.0 Å². The standard InChI is InChI=1S/C17H16Cl3NO3/c1-2-22-14-7-4-8-15(21-14)24-13-6-3-5-12(9-13)16(11-23-16)10-17(18,19)20/h3-9H,2,10-11H2,1H3. The summed E-state index contributed by atoms with van der Waals surface area (Å²) in [5.41, 5.74) is 0.345. The minimum Gasteiger partial charge on any atom is -0.478 e. The van der Waals surface area contributed by atoms with Crippen LogP contribution in [0, 0.1) is 0 Å². The van der Waals surface area contributed by atoms with Crippen molar-refractivity contribution in [3.05, 3.63) is 48.0 Å². The van der Waals surface area contributed by atoms with Gasteiger partial charge in [0.15, 0.2) is 3.79 Å². The first-order valence-corrected chi connectivity index (χ1v) is 8.63. The minimum absolute atomic E-state index is 0.284. The van der Waals surface area contributed by atoms with E-state index in [-0.39, 0.29) is 6.42 Å². The van der Waals surface area contributed by atoms with E-state index in [4.69, 9.17) is 49.0 Å². The van der Waals surface area contributed by atoms with Gasteiger partial charge >= 0.3 is 0 Å². The van der Waals surface area contributed by atoms with E-state index >= 15 is 0 Å². The number of hydrogen-bond acceptors (Lipinski definition) is 4. The molecule has 24 heavy (non-hydrogen) atoms. The van der Waals surface area contributed by atoms with Crippen LogP contribution in [0.4, 0.5) is 0 Å². The summed E-state index contributed by atoms with van der Waals surface area (Å²) in [7, 11) is 0. The van der Waals surface area contributed by atoms with E-state index in [1.165, 1.54) is 0 Å². The van der Waals surface area contributed by atoms with E-state index in [1.807, 2.05) is 37.3 Å². The molecule has 0 radical (unpaired) electrons. The largest absolute Gasteiger partial charge is 0.478 e. The third-order valence-electron chi connectivity index (χ3n) is 3.55. The van der Waals surface area contributed by atoms with Crippen molar-refractivity contribution in [1.29, 1.82) is 0 Å². The van der Waals surface area contributed by atoms with Gasteiger partial charge in [-0.2, -0.15) is 4.98 Å². The predicted octanol–water partition coefficient (Wildman–Crippen LogP) is 5.26. The molecule has 1 unspecified atom stereocenters.